The molecular weight excluding hydrogens is 327 g/mol. The fraction of sp³-hybridized carbons (Fsp3) is 0.133. The molecule has 0 saturated carbocycles. The fourth-order valence-electron chi connectivity index (χ4n) is 2.26. The third kappa shape index (κ3) is 2.71. The van der Waals surface area contributed by atoms with Gasteiger partial charge in [-0.25, -0.2) is 12.8 Å². The summed E-state index contributed by atoms with van der Waals surface area (Å²) in [6.45, 7) is 0. The summed E-state index contributed by atoms with van der Waals surface area (Å²) >= 11 is 6.04. The van der Waals surface area contributed by atoms with Crippen molar-refractivity contribution in [1.29, 1.82) is 0 Å². The van der Waals surface area contributed by atoms with Gasteiger partial charge in [0.05, 0.1) is 11.5 Å². The third-order valence-electron chi connectivity index (χ3n) is 3.43. The van der Waals surface area contributed by atoms with Crippen LogP contribution in [0, 0.1) is 5.82 Å². The quantitative estimate of drug-likeness (QED) is 0.802. The van der Waals surface area contributed by atoms with E-state index in [1.54, 1.807) is 30.3 Å². The van der Waals surface area contributed by atoms with E-state index < -0.39 is 10.0 Å². The molecule has 2 aromatic carbocycles. The number of nitrogens with zero attached hydrogens (tertiary/aromatic N) is 2. The first-order chi connectivity index (χ1) is 10.4. The van der Waals surface area contributed by atoms with Gasteiger partial charge in [0.15, 0.2) is 0 Å². The van der Waals surface area contributed by atoms with Gasteiger partial charge in [0.2, 0.25) is 0 Å². The zero-order valence-corrected chi connectivity index (χ0v) is 13.2. The summed E-state index contributed by atoms with van der Waals surface area (Å²) in [6, 6.07) is 10.7. The number of hydrogen-bond acceptors (Lipinski definition) is 3. The maximum absolute atomic E-state index is 13.1. The van der Waals surface area contributed by atoms with Crippen molar-refractivity contribution in [2.24, 2.45) is 5.10 Å². The Morgan fingerprint density at radius 3 is 2.55 bits per heavy atom. The van der Waals surface area contributed by atoms with Crippen LogP contribution in [-0.4, -0.2) is 25.6 Å². The van der Waals surface area contributed by atoms with Crippen LogP contribution in [0.3, 0.4) is 0 Å². The van der Waals surface area contributed by atoms with Crippen LogP contribution in [0.25, 0.3) is 0 Å². The summed E-state index contributed by atoms with van der Waals surface area (Å²) in [7, 11) is -2.16. The summed E-state index contributed by atoms with van der Waals surface area (Å²) < 4.78 is 38.5. The molecule has 0 N–H and O–H groups in total. The van der Waals surface area contributed by atoms with Gasteiger partial charge in [-0.1, -0.05) is 17.7 Å². The molecule has 0 aromatic heterocycles. The van der Waals surface area contributed by atoms with Crippen LogP contribution in [0.2, 0.25) is 5.02 Å². The summed E-state index contributed by atoms with van der Waals surface area (Å²) in [5.41, 5.74) is 2.30. The number of fused-ring (bicyclic) bond motifs is 1. The van der Waals surface area contributed by atoms with Crippen LogP contribution in [0.5, 0.6) is 0 Å². The van der Waals surface area contributed by atoms with Gasteiger partial charge in [0.1, 0.15) is 5.82 Å². The van der Waals surface area contributed by atoms with Gasteiger partial charge >= 0.3 is 0 Å². The highest BCUT2D eigenvalue weighted by atomic mass is 35.5. The van der Waals surface area contributed by atoms with E-state index in [2.05, 4.69) is 5.10 Å². The Kier molecular flexibility index (Phi) is 3.66. The molecule has 0 fully saturated rings. The molecule has 0 bridgehead atoms. The molecule has 0 aliphatic carbocycles. The second-order valence-electron chi connectivity index (χ2n) is 4.95. The van der Waals surface area contributed by atoms with E-state index in [-0.39, 0.29) is 11.6 Å². The molecule has 3 rings (SSSR count). The second-order valence-corrected chi connectivity index (χ2v) is 7.36. The van der Waals surface area contributed by atoms with Gasteiger partial charge in [-0.3, -0.25) is 0 Å². The Hall–Kier alpha value is -1.92. The second kappa shape index (κ2) is 5.37. The number of hydrazone groups is 1. The lowest BCUT2D eigenvalue weighted by Crippen LogP contribution is -2.22. The molecule has 7 heteroatoms. The number of rotatable bonds is 1. The Balaban J connectivity index is 2.27. The van der Waals surface area contributed by atoms with Crippen LogP contribution in [0.15, 0.2) is 47.6 Å². The minimum Gasteiger partial charge on any atom is -0.207 e. The smallest absolute Gasteiger partial charge is 0.207 e. The van der Waals surface area contributed by atoms with Gasteiger partial charge in [0.25, 0.3) is 10.0 Å². The van der Waals surface area contributed by atoms with Crippen molar-refractivity contribution in [3.05, 3.63) is 70.0 Å². The highest BCUT2D eigenvalue weighted by molar-refractivity contribution is 7.88. The Morgan fingerprint density at radius 2 is 1.86 bits per heavy atom. The van der Waals surface area contributed by atoms with E-state index >= 15 is 0 Å². The minimum absolute atomic E-state index is 0.163. The van der Waals surface area contributed by atoms with E-state index in [9.17, 15) is 12.8 Å². The van der Waals surface area contributed by atoms with Crippen LogP contribution >= 0.6 is 11.6 Å². The van der Waals surface area contributed by atoms with Gasteiger partial charge in [0, 0.05) is 23.2 Å². The van der Waals surface area contributed by atoms with E-state index in [0.29, 0.717) is 27.4 Å². The summed E-state index contributed by atoms with van der Waals surface area (Å²) in [5, 5.41) is 4.67. The summed E-state index contributed by atoms with van der Waals surface area (Å²) in [6.07, 6.45) is 0. The van der Waals surface area contributed by atoms with Crippen molar-refractivity contribution in [3.8, 4) is 0 Å². The predicted molar refractivity (Wildman–Crippen MR) is 83.9 cm³/mol. The van der Waals surface area contributed by atoms with E-state index in [1.807, 2.05) is 0 Å². The third-order valence-corrected chi connectivity index (χ3v) is 5.22. The molecule has 2 aromatic rings. The first-order valence-corrected chi connectivity index (χ1v) is 8.45. The summed E-state index contributed by atoms with van der Waals surface area (Å²) in [5.74, 6) is -0.533. The first kappa shape index (κ1) is 15.0. The molecule has 4 nitrogen and oxygen atoms in total. The van der Waals surface area contributed by atoms with Crippen molar-refractivity contribution in [2.45, 2.75) is 5.75 Å². The van der Waals surface area contributed by atoms with Crippen molar-refractivity contribution in [2.75, 3.05) is 7.05 Å². The molecular formula is C15H12ClFN2O2S. The van der Waals surface area contributed by atoms with Crippen molar-refractivity contribution < 1.29 is 12.8 Å². The van der Waals surface area contributed by atoms with Gasteiger partial charge < -0.3 is 0 Å². The number of benzene rings is 2. The van der Waals surface area contributed by atoms with E-state index in [4.69, 9.17) is 11.6 Å². The molecule has 1 aliphatic rings. The van der Waals surface area contributed by atoms with Crippen LogP contribution in [0.4, 0.5) is 4.39 Å². The van der Waals surface area contributed by atoms with Gasteiger partial charge in [-0.05, 0) is 42.0 Å². The van der Waals surface area contributed by atoms with Crippen LogP contribution in [0.1, 0.15) is 16.7 Å². The van der Waals surface area contributed by atoms with E-state index in [1.165, 1.54) is 19.2 Å². The molecule has 114 valence electrons. The Bertz CT molecular complexity index is 864. The van der Waals surface area contributed by atoms with Crippen molar-refractivity contribution >= 4 is 27.3 Å². The molecule has 0 saturated heterocycles. The molecule has 0 spiro atoms. The first-order valence-electron chi connectivity index (χ1n) is 6.47. The number of hydrogen-bond donors (Lipinski definition) is 0. The van der Waals surface area contributed by atoms with Gasteiger partial charge in [-0.15, -0.1) is 0 Å². The fourth-order valence-corrected chi connectivity index (χ4v) is 3.47. The zero-order valence-electron chi connectivity index (χ0n) is 11.6. The molecule has 1 aliphatic heterocycles. The topological polar surface area (TPSA) is 49.7 Å². The monoisotopic (exact) mass is 338 g/mol. The molecule has 0 unspecified atom stereocenters. The highest BCUT2D eigenvalue weighted by Gasteiger charge is 2.26. The maximum atomic E-state index is 13.1. The average Bonchev–Trinajstić information content (AvgIpc) is 2.56. The van der Waals surface area contributed by atoms with Crippen LogP contribution < -0.4 is 0 Å². The van der Waals surface area contributed by atoms with Crippen LogP contribution in [-0.2, 0) is 15.8 Å². The minimum atomic E-state index is -3.54. The van der Waals surface area contributed by atoms with Crippen molar-refractivity contribution in [3.63, 3.8) is 0 Å². The SMILES string of the molecule is CN1N=C(c2ccc(F)cc2)c2cc(Cl)ccc2CS1(=O)=O. The zero-order chi connectivity index (χ0) is 15.9. The lowest BCUT2D eigenvalue weighted by atomic mass is 9.98. The number of sulfonamides is 1. The molecule has 0 atom stereocenters. The standard InChI is InChI=1S/C15H12ClFN2O2S/c1-19-18-15(10-3-6-13(17)7-4-10)14-8-12(16)5-2-11(14)9-22(19,20)21/h2-8H,9H2,1H3. The Morgan fingerprint density at radius 1 is 1.18 bits per heavy atom. The van der Waals surface area contributed by atoms with Gasteiger partial charge in [-0.2, -0.15) is 9.52 Å². The number of halogens is 2. The average molecular weight is 339 g/mol. The van der Waals surface area contributed by atoms with Crippen molar-refractivity contribution in [1.82, 2.24) is 4.41 Å². The lowest BCUT2D eigenvalue weighted by molar-refractivity contribution is 0.490. The maximum Gasteiger partial charge on any atom is 0.253 e. The predicted octanol–water partition coefficient (Wildman–Crippen LogP) is 3.01. The molecule has 0 amide bonds. The summed E-state index contributed by atoms with van der Waals surface area (Å²) in [4.78, 5) is 0. The molecule has 0 radical (unpaired) electrons. The molecule has 1 heterocycles. The molecule has 22 heavy (non-hydrogen) atoms. The normalized spacial score (nSPS) is 16.7. The highest BCUT2D eigenvalue weighted by Crippen LogP contribution is 2.26. The Labute approximate surface area is 132 Å². The largest absolute Gasteiger partial charge is 0.253 e. The lowest BCUT2D eigenvalue weighted by Gasteiger charge is -2.11. The van der Waals surface area contributed by atoms with E-state index in [0.717, 1.165) is 4.41 Å².